The third-order valence-corrected chi connectivity index (χ3v) is 6.02. The van der Waals surface area contributed by atoms with Crippen molar-refractivity contribution < 1.29 is 23.9 Å². The predicted molar refractivity (Wildman–Crippen MR) is 118 cm³/mol. The van der Waals surface area contributed by atoms with Gasteiger partial charge in [0.05, 0.1) is 0 Å². The Kier molecular flexibility index (Phi) is 11.6. The standard InChI is InChI=1S/C21H32N4O5Se/c1-13(2)18(24)19(27)25(17(26)12-22)16(9-10-31-3)21(29)30-20(28)15(23)11-14-7-5-4-6-8-14/h4-8,13,15-16,18H,9-12,22-24H2,1-3H3/t15-,16-,18-/m0/s1. The van der Waals surface area contributed by atoms with Crippen LogP contribution in [0.4, 0.5) is 0 Å². The van der Waals surface area contributed by atoms with Crippen molar-refractivity contribution in [2.45, 2.75) is 56.0 Å². The van der Waals surface area contributed by atoms with Gasteiger partial charge < -0.3 is 0 Å². The molecule has 0 bridgehead atoms. The van der Waals surface area contributed by atoms with Crippen LogP contribution in [0, 0.1) is 5.92 Å². The van der Waals surface area contributed by atoms with Crippen LogP contribution in [-0.2, 0) is 30.3 Å². The van der Waals surface area contributed by atoms with E-state index in [0.717, 1.165) is 10.5 Å². The molecule has 1 aromatic rings. The van der Waals surface area contributed by atoms with E-state index in [0.29, 0.717) is 5.32 Å². The van der Waals surface area contributed by atoms with E-state index in [4.69, 9.17) is 21.9 Å². The van der Waals surface area contributed by atoms with Crippen LogP contribution >= 0.6 is 0 Å². The van der Waals surface area contributed by atoms with Crippen LogP contribution in [-0.4, -0.2) is 68.3 Å². The summed E-state index contributed by atoms with van der Waals surface area (Å²) < 4.78 is 4.99. The second-order valence-electron chi connectivity index (χ2n) is 7.41. The van der Waals surface area contributed by atoms with E-state index in [1.54, 1.807) is 38.1 Å². The average Bonchev–Trinajstić information content (AvgIpc) is 2.75. The number of amides is 2. The van der Waals surface area contributed by atoms with Gasteiger partial charge >= 0.3 is 189 Å². The molecule has 0 fully saturated rings. The molecule has 9 nitrogen and oxygen atoms in total. The summed E-state index contributed by atoms with van der Waals surface area (Å²) in [6, 6.07) is 5.68. The van der Waals surface area contributed by atoms with Crippen molar-refractivity contribution in [1.29, 1.82) is 0 Å². The number of esters is 2. The van der Waals surface area contributed by atoms with Crippen LogP contribution in [0.1, 0.15) is 25.8 Å². The average molecular weight is 499 g/mol. The minimum absolute atomic E-state index is 0.152. The second kappa shape index (κ2) is 13.3. The van der Waals surface area contributed by atoms with Crippen LogP contribution in [0.2, 0.25) is 11.1 Å². The first-order chi connectivity index (χ1) is 14.6. The number of rotatable bonds is 11. The van der Waals surface area contributed by atoms with Crippen molar-refractivity contribution >= 4 is 38.7 Å². The summed E-state index contributed by atoms with van der Waals surface area (Å²) in [4.78, 5) is 51.4. The molecule has 0 aliphatic rings. The van der Waals surface area contributed by atoms with E-state index in [1.165, 1.54) is 0 Å². The monoisotopic (exact) mass is 500 g/mol. The van der Waals surface area contributed by atoms with Crippen molar-refractivity contribution in [1.82, 2.24) is 4.90 Å². The summed E-state index contributed by atoms with van der Waals surface area (Å²) in [5.74, 6) is -1.74. The Morgan fingerprint density at radius 3 is 2.19 bits per heavy atom. The molecule has 0 saturated carbocycles. The fourth-order valence-electron chi connectivity index (χ4n) is 2.77. The number of carbonyl (C=O) groups excluding carboxylic acids is 4. The van der Waals surface area contributed by atoms with Gasteiger partial charge in [-0.1, -0.05) is 0 Å². The third kappa shape index (κ3) is 8.16. The van der Waals surface area contributed by atoms with Gasteiger partial charge in [-0.3, -0.25) is 0 Å². The van der Waals surface area contributed by atoms with E-state index in [9.17, 15) is 19.2 Å². The van der Waals surface area contributed by atoms with E-state index >= 15 is 0 Å². The van der Waals surface area contributed by atoms with Crippen LogP contribution in [0.25, 0.3) is 0 Å². The van der Waals surface area contributed by atoms with Crippen molar-refractivity contribution in [3.05, 3.63) is 35.9 Å². The summed E-state index contributed by atoms with van der Waals surface area (Å²) in [6.45, 7) is 2.96. The molecule has 0 radical (unpaired) electrons. The van der Waals surface area contributed by atoms with Gasteiger partial charge in [0.2, 0.25) is 0 Å². The minimum atomic E-state index is -1.29. The van der Waals surface area contributed by atoms with Gasteiger partial charge in [0.15, 0.2) is 0 Å². The number of nitrogens with two attached hydrogens (primary N) is 3. The predicted octanol–water partition coefficient (Wildman–Crippen LogP) is -0.147. The van der Waals surface area contributed by atoms with Gasteiger partial charge in [-0.25, -0.2) is 0 Å². The third-order valence-electron chi connectivity index (χ3n) is 4.67. The zero-order chi connectivity index (χ0) is 23.6. The first kappa shape index (κ1) is 26.9. The molecule has 10 heteroatoms. The molecule has 31 heavy (non-hydrogen) atoms. The molecular weight excluding hydrogens is 467 g/mol. The van der Waals surface area contributed by atoms with Crippen molar-refractivity contribution in [2.75, 3.05) is 6.54 Å². The van der Waals surface area contributed by atoms with Crippen LogP contribution in [0.5, 0.6) is 0 Å². The molecule has 0 spiro atoms. The summed E-state index contributed by atoms with van der Waals surface area (Å²) in [5, 5.41) is 0.579. The summed E-state index contributed by atoms with van der Waals surface area (Å²) in [6.07, 6.45) is 0.330. The molecule has 1 aromatic carbocycles. The first-order valence-corrected chi connectivity index (χ1v) is 12.9. The van der Waals surface area contributed by atoms with Crippen LogP contribution in [0.3, 0.4) is 0 Å². The van der Waals surface area contributed by atoms with Gasteiger partial charge in [-0.05, 0) is 0 Å². The van der Waals surface area contributed by atoms with Crippen LogP contribution in [0.15, 0.2) is 30.3 Å². The Labute approximate surface area is 189 Å². The Bertz CT molecular complexity index is 759. The van der Waals surface area contributed by atoms with Crippen molar-refractivity contribution in [3.63, 3.8) is 0 Å². The zero-order valence-corrected chi connectivity index (χ0v) is 19.9. The molecule has 3 atom stereocenters. The molecule has 1 rings (SSSR count). The Morgan fingerprint density at radius 2 is 1.68 bits per heavy atom. The van der Waals surface area contributed by atoms with Crippen LogP contribution < -0.4 is 17.2 Å². The topological polar surface area (TPSA) is 159 Å². The van der Waals surface area contributed by atoms with E-state index < -0.39 is 48.4 Å². The maximum atomic E-state index is 12.9. The van der Waals surface area contributed by atoms with Gasteiger partial charge in [0, 0.05) is 0 Å². The molecule has 6 N–H and O–H groups in total. The maximum absolute atomic E-state index is 12.9. The molecule has 172 valence electrons. The van der Waals surface area contributed by atoms with Gasteiger partial charge in [0.1, 0.15) is 0 Å². The molecule has 0 saturated heterocycles. The van der Waals surface area contributed by atoms with E-state index in [1.807, 2.05) is 11.9 Å². The van der Waals surface area contributed by atoms with Gasteiger partial charge in [-0.2, -0.15) is 0 Å². The molecule has 0 aliphatic carbocycles. The summed E-state index contributed by atoms with van der Waals surface area (Å²) in [5.41, 5.74) is 18.1. The number of hydrogen-bond acceptors (Lipinski definition) is 8. The van der Waals surface area contributed by atoms with Gasteiger partial charge in [-0.15, -0.1) is 0 Å². The molecule has 0 aromatic heterocycles. The summed E-state index contributed by atoms with van der Waals surface area (Å²) >= 11 is 0.160. The first-order valence-electron chi connectivity index (χ1n) is 9.99. The molecule has 0 unspecified atom stereocenters. The molecular formula is C21H32N4O5Se. The van der Waals surface area contributed by atoms with Crippen molar-refractivity contribution in [2.24, 2.45) is 23.1 Å². The molecule has 0 heterocycles. The molecule has 2 amide bonds. The summed E-state index contributed by atoms with van der Waals surface area (Å²) in [7, 11) is 0. The normalized spacial score (nSPS) is 13.9. The Hall–Kier alpha value is -2.10. The fourth-order valence-corrected chi connectivity index (χ4v) is 3.73. The Morgan fingerprint density at radius 1 is 1.06 bits per heavy atom. The fraction of sp³-hybridized carbons (Fsp3) is 0.524. The number of benzene rings is 1. The zero-order valence-electron chi connectivity index (χ0n) is 18.2. The SMILES string of the molecule is C[Se]CC[C@@H](C(=O)OC(=O)[C@@H](N)Cc1ccccc1)N(C(=O)CN)C(=O)[C@@H](N)C(C)C. The number of carbonyl (C=O) groups is 4. The van der Waals surface area contributed by atoms with Gasteiger partial charge in [0.25, 0.3) is 0 Å². The Balaban J connectivity index is 3.05. The number of ether oxygens (including phenoxy) is 1. The quantitative estimate of drug-likeness (QED) is 0.215. The van der Waals surface area contributed by atoms with E-state index in [2.05, 4.69) is 0 Å². The number of imide groups is 1. The van der Waals surface area contributed by atoms with Crippen molar-refractivity contribution in [3.8, 4) is 0 Å². The molecule has 0 aliphatic heterocycles. The number of hydrogen-bond donors (Lipinski definition) is 3. The number of nitrogens with zero attached hydrogens (tertiary/aromatic N) is 1. The second-order valence-corrected chi connectivity index (χ2v) is 9.48. The van der Waals surface area contributed by atoms with E-state index in [-0.39, 0.29) is 33.7 Å².